The summed E-state index contributed by atoms with van der Waals surface area (Å²) in [7, 11) is 0. The minimum atomic E-state index is -0.303. The summed E-state index contributed by atoms with van der Waals surface area (Å²) in [4.78, 5) is 30.4. The smallest absolute Gasteiger partial charge is 0.257 e. The first kappa shape index (κ1) is 22.7. The Morgan fingerprint density at radius 1 is 1.16 bits per heavy atom. The van der Waals surface area contributed by atoms with E-state index < -0.39 is 0 Å². The van der Waals surface area contributed by atoms with Gasteiger partial charge in [-0.25, -0.2) is 4.98 Å². The van der Waals surface area contributed by atoms with Crippen LogP contribution in [0, 0.1) is 5.92 Å². The van der Waals surface area contributed by atoms with Crippen molar-refractivity contribution in [2.45, 2.75) is 40.0 Å². The predicted molar refractivity (Wildman–Crippen MR) is 122 cm³/mol. The number of aliphatic hydroxyl groups is 1. The molecular formula is C24H26ClN3O3. The minimum Gasteiger partial charge on any atom is -0.392 e. The zero-order valence-corrected chi connectivity index (χ0v) is 18.4. The highest BCUT2D eigenvalue weighted by atomic mass is 35.5. The van der Waals surface area contributed by atoms with Gasteiger partial charge in [-0.05, 0) is 29.2 Å². The van der Waals surface area contributed by atoms with Gasteiger partial charge in [-0.3, -0.25) is 14.2 Å². The lowest BCUT2D eigenvalue weighted by atomic mass is 10.0. The number of carbonyl (C=O) groups excluding carboxylic acids is 1. The van der Waals surface area contributed by atoms with Crippen LogP contribution in [0.2, 0.25) is 5.02 Å². The van der Waals surface area contributed by atoms with Crippen molar-refractivity contribution in [2.75, 3.05) is 0 Å². The van der Waals surface area contributed by atoms with Gasteiger partial charge in [0.05, 0.1) is 30.6 Å². The Hall–Kier alpha value is -2.96. The van der Waals surface area contributed by atoms with E-state index in [1.807, 2.05) is 44.2 Å². The van der Waals surface area contributed by atoms with Crippen molar-refractivity contribution in [3.63, 3.8) is 0 Å². The first-order valence-corrected chi connectivity index (χ1v) is 10.6. The standard InChI is InChI=1S/C24H26ClN3O3/c1-16(2)13-28-15-27-23(17-6-4-3-5-7-17)21(24(28)31)11-22(30)26-12-19-10-20(25)9-8-18(19)14-29/h3-10,15-16,29H,11-14H2,1-2H3,(H,26,30). The normalized spacial score (nSPS) is 11.0. The Balaban J connectivity index is 1.87. The van der Waals surface area contributed by atoms with Gasteiger partial charge in [0.1, 0.15) is 0 Å². The van der Waals surface area contributed by atoms with E-state index in [1.165, 1.54) is 0 Å². The second-order valence-corrected chi connectivity index (χ2v) is 8.25. The number of nitrogens with one attached hydrogen (secondary N) is 1. The van der Waals surface area contributed by atoms with Crippen LogP contribution >= 0.6 is 11.6 Å². The molecule has 0 unspecified atom stereocenters. The molecule has 0 bridgehead atoms. The molecule has 0 aliphatic carbocycles. The third kappa shape index (κ3) is 5.81. The average Bonchev–Trinajstić information content (AvgIpc) is 2.75. The number of aromatic nitrogens is 2. The molecule has 0 saturated heterocycles. The third-order valence-corrected chi connectivity index (χ3v) is 5.13. The summed E-state index contributed by atoms with van der Waals surface area (Å²) in [6.07, 6.45) is 1.45. The Kier molecular flexibility index (Phi) is 7.60. The van der Waals surface area contributed by atoms with Gasteiger partial charge < -0.3 is 10.4 Å². The van der Waals surface area contributed by atoms with Crippen molar-refractivity contribution in [3.8, 4) is 11.3 Å². The summed E-state index contributed by atoms with van der Waals surface area (Å²) >= 11 is 6.04. The van der Waals surface area contributed by atoms with Gasteiger partial charge >= 0.3 is 0 Å². The molecule has 0 fully saturated rings. The van der Waals surface area contributed by atoms with Gasteiger partial charge in [-0.15, -0.1) is 0 Å². The Morgan fingerprint density at radius 2 is 1.90 bits per heavy atom. The average molecular weight is 440 g/mol. The second kappa shape index (κ2) is 10.4. The maximum absolute atomic E-state index is 13.1. The largest absolute Gasteiger partial charge is 0.392 e. The number of carbonyl (C=O) groups is 1. The monoisotopic (exact) mass is 439 g/mol. The first-order chi connectivity index (χ1) is 14.9. The maximum atomic E-state index is 13.1. The van der Waals surface area contributed by atoms with Gasteiger partial charge in [-0.2, -0.15) is 0 Å². The molecule has 0 spiro atoms. The van der Waals surface area contributed by atoms with Crippen molar-refractivity contribution in [1.82, 2.24) is 14.9 Å². The Bertz CT molecular complexity index is 1110. The van der Waals surface area contributed by atoms with E-state index in [2.05, 4.69) is 10.3 Å². The molecule has 0 saturated carbocycles. The summed E-state index contributed by atoms with van der Waals surface area (Å²) in [6, 6.07) is 14.5. The summed E-state index contributed by atoms with van der Waals surface area (Å²) in [6.45, 7) is 4.62. The number of hydrogen-bond donors (Lipinski definition) is 2. The van der Waals surface area contributed by atoms with Gasteiger partial charge in [0.2, 0.25) is 5.91 Å². The molecule has 1 heterocycles. The Morgan fingerprint density at radius 3 is 2.58 bits per heavy atom. The van der Waals surface area contributed by atoms with Gasteiger partial charge in [-0.1, -0.05) is 61.8 Å². The number of halogens is 1. The quantitative estimate of drug-likeness (QED) is 0.562. The highest BCUT2D eigenvalue weighted by Gasteiger charge is 2.17. The molecule has 1 amide bonds. The van der Waals surface area contributed by atoms with Crippen LogP contribution in [0.25, 0.3) is 11.3 Å². The molecule has 0 aliphatic rings. The molecule has 0 atom stereocenters. The maximum Gasteiger partial charge on any atom is 0.257 e. The number of benzene rings is 2. The van der Waals surface area contributed by atoms with Crippen LogP contribution in [0.4, 0.5) is 0 Å². The predicted octanol–water partition coefficient (Wildman–Crippen LogP) is 3.57. The van der Waals surface area contributed by atoms with Crippen molar-refractivity contribution < 1.29 is 9.90 Å². The fourth-order valence-corrected chi connectivity index (χ4v) is 3.58. The van der Waals surface area contributed by atoms with Crippen LogP contribution in [0.5, 0.6) is 0 Å². The van der Waals surface area contributed by atoms with Crippen molar-refractivity contribution in [3.05, 3.63) is 86.9 Å². The van der Waals surface area contributed by atoms with E-state index in [1.54, 1.807) is 29.1 Å². The molecule has 2 N–H and O–H groups in total. The van der Waals surface area contributed by atoms with Crippen LogP contribution in [0.3, 0.4) is 0 Å². The molecule has 6 nitrogen and oxygen atoms in total. The van der Waals surface area contributed by atoms with E-state index in [0.29, 0.717) is 28.4 Å². The lowest BCUT2D eigenvalue weighted by Gasteiger charge is -2.14. The second-order valence-electron chi connectivity index (χ2n) is 7.81. The summed E-state index contributed by atoms with van der Waals surface area (Å²) in [5.41, 5.74) is 2.87. The lowest BCUT2D eigenvalue weighted by molar-refractivity contribution is -0.120. The summed E-state index contributed by atoms with van der Waals surface area (Å²) < 4.78 is 1.56. The van der Waals surface area contributed by atoms with E-state index >= 15 is 0 Å². The molecule has 162 valence electrons. The van der Waals surface area contributed by atoms with E-state index in [-0.39, 0.29) is 37.0 Å². The molecule has 7 heteroatoms. The summed E-state index contributed by atoms with van der Waals surface area (Å²) in [5.74, 6) is -0.0364. The van der Waals surface area contributed by atoms with Crippen molar-refractivity contribution in [1.29, 1.82) is 0 Å². The van der Waals surface area contributed by atoms with Gasteiger partial charge in [0.25, 0.3) is 5.56 Å². The molecule has 3 aromatic rings. The van der Waals surface area contributed by atoms with Crippen LogP contribution in [0.1, 0.15) is 30.5 Å². The number of aliphatic hydroxyl groups excluding tert-OH is 1. The number of rotatable bonds is 8. The number of nitrogens with zero attached hydrogens (tertiary/aromatic N) is 2. The van der Waals surface area contributed by atoms with E-state index in [9.17, 15) is 14.7 Å². The van der Waals surface area contributed by atoms with Gasteiger partial charge in [0.15, 0.2) is 0 Å². The van der Waals surface area contributed by atoms with Crippen molar-refractivity contribution >= 4 is 17.5 Å². The molecule has 2 aromatic carbocycles. The number of amides is 1. The van der Waals surface area contributed by atoms with Crippen LogP contribution in [0.15, 0.2) is 59.7 Å². The van der Waals surface area contributed by atoms with Gasteiger partial charge in [0, 0.05) is 23.7 Å². The van der Waals surface area contributed by atoms with E-state index in [4.69, 9.17) is 11.6 Å². The fraction of sp³-hybridized carbons (Fsp3) is 0.292. The molecule has 1 aromatic heterocycles. The first-order valence-electron chi connectivity index (χ1n) is 10.2. The molecule has 3 rings (SSSR count). The fourth-order valence-electron chi connectivity index (χ4n) is 3.39. The molecule has 0 radical (unpaired) electrons. The highest BCUT2D eigenvalue weighted by molar-refractivity contribution is 6.30. The SMILES string of the molecule is CC(C)Cn1cnc(-c2ccccc2)c(CC(=O)NCc2cc(Cl)ccc2CO)c1=O. The van der Waals surface area contributed by atoms with Crippen LogP contribution in [-0.2, 0) is 30.9 Å². The molecule has 0 aliphatic heterocycles. The molecular weight excluding hydrogens is 414 g/mol. The Labute approximate surface area is 186 Å². The molecule has 31 heavy (non-hydrogen) atoms. The van der Waals surface area contributed by atoms with Crippen LogP contribution in [-0.4, -0.2) is 20.6 Å². The van der Waals surface area contributed by atoms with E-state index in [0.717, 1.165) is 11.1 Å². The topological polar surface area (TPSA) is 84.2 Å². The minimum absolute atomic E-state index is 0.0932. The lowest BCUT2D eigenvalue weighted by Crippen LogP contribution is -2.32. The zero-order valence-electron chi connectivity index (χ0n) is 17.6. The zero-order chi connectivity index (χ0) is 22.4. The highest BCUT2D eigenvalue weighted by Crippen LogP contribution is 2.20. The number of hydrogen-bond acceptors (Lipinski definition) is 4. The van der Waals surface area contributed by atoms with Crippen molar-refractivity contribution in [2.24, 2.45) is 5.92 Å². The summed E-state index contributed by atoms with van der Waals surface area (Å²) in [5, 5.41) is 12.9. The van der Waals surface area contributed by atoms with Crippen LogP contribution < -0.4 is 10.9 Å². The third-order valence-electron chi connectivity index (χ3n) is 4.89.